The molecule has 3 aromatic rings. The Bertz CT molecular complexity index is 1310. The fraction of sp³-hybridized carbons (Fsp3) is 0.353. The fourth-order valence-corrected chi connectivity index (χ4v) is 4.69. The zero-order valence-electron chi connectivity index (χ0n) is 24.2. The number of nitrogens with one attached hydrogen (secondary N) is 2. The SMILES string of the molecule is C#Cc1cc(C(=O)N[C@@H](Cc2ccccc2)[C@H](O)CNCc2cccc(OC)c2)cc(C(=O)N(CCC)CCC)c1. The number of nitrogens with zero attached hydrogens (tertiary/aromatic N) is 1. The van der Waals surface area contributed by atoms with Gasteiger partial charge >= 0.3 is 0 Å². The molecule has 0 heterocycles. The highest BCUT2D eigenvalue weighted by atomic mass is 16.5. The number of rotatable bonds is 15. The van der Waals surface area contributed by atoms with Gasteiger partial charge < -0.3 is 25.4 Å². The normalized spacial score (nSPS) is 12.2. The van der Waals surface area contributed by atoms with E-state index in [1.165, 1.54) is 0 Å². The average Bonchev–Trinajstić information content (AvgIpc) is 3.00. The number of hydrogen-bond acceptors (Lipinski definition) is 5. The van der Waals surface area contributed by atoms with Gasteiger partial charge in [0.2, 0.25) is 0 Å². The number of hydrogen-bond donors (Lipinski definition) is 3. The summed E-state index contributed by atoms with van der Waals surface area (Å²) in [5, 5.41) is 17.5. The summed E-state index contributed by atoms with van der Waals surface area (Å²) in [4.78, 5) is 28.6. The van der Waals surface area contributed by atoms with E-state index in [-0.39, 0.29) is 18.0 Å². The molecule has 41 heavy (non-hydrogen) atoms. The maximum atomic E-state index is 13.5. The van der Waals surface area contributed by atoms with E-state index in [0.29, 0.717) is 37.2 Å². The van der Waals surface area contributed by atoms with Crippen LogP contribution in [0.4, 0.5) is 0 Å². The number of terminal acetylenes is 1. The Morgan fingerprint density at radius 3 is 2.29 bits per heavy atom. The second-order valence-electron chi connectivity index (χ2n) is 10.1. The summed E-state index contributed by atoms with van der Waals surface area (Å²) in [6.07, 6.45) is 6.90. The van der Waals surface area contributed by atoms with Crippen LogP contribution in [0.5, 0.6) is 5.75 Å². The predicted molar refractivity (Wildman–Crippen MR) is 163 cm³/mol. The molecular weight excluding hydrogens is 514 g/mol. The van der Waals surface area contributed by atoms with Crippen molar-refractivity contribution in [3.05, 3.63) is 101 Å². The van der Waals surface area contributed by atoms with Crippen LogP contribution in [0.15, 0.2) is 72.8 Å². The molecule has 0 aromatic heterocycles. The van der Waals surface area contributed by atoms with E-state index < -0.39 is 18.1 Å². The van der Waals surface area contributed by atoms with Crippen LogP contribution in [0.2, 0.25) is 0 Å². The van der Waals surface area contributed by atoms with Crippen molar-refractivity contribution in [3.8, 4) is 18.1 Å². The van der Waals surface area contributed by atoms with Gasteiger partial charge in [-0.3, -0.25) is 9.59 Å². The molecule has 0 fully saturated rings. The maximum absolute atomic E-state index is 13.5. The number of aliphatic hydroxyl groups excluding tert-OH is 1. The number of benzene rings is 3. The van der Waals surface area contributed by atoms with Gasteiger partial charge in [-0.15, -0.1) is 6.42 Å². The maximum Gasteiger partial charge on any atom is 0.253 e. The third kappa shape index (κ3) is 9.49. The molecule has 3 rings (SSSR count). The van der Waals surface area contributed by atoms with Crippen LogP contribution >= 0.6 is 0 Å². The molecule has 0 unspecified atom stereocenters. The van der Waals surface area contributed by atoms with E-state index in [1.54, 1.807) is 30.2 Å². The topological polar surface area (TPSA) is 90.9 Å². The van der Waals surface area contributed by atoms with E-state index in [1.807, 2.05) is 68.4 Å². The van der Waals surface area contributed by atoms with Crippen molar-refractivity contribution in [2.24, 2.45) is 0 Å². The van der Waals surface area contributed by atoms with Gasteiger partial charge in [0.15, 0.2) is 0 Å². The molecule has 2 amide bonds. The molecular formula is C34H41N3O4. The lowest BCUT2D eigenvalue weighted by atomic mass is 9.99. The molecule has 0 radical (unpaired) electrons. The van der Waals surface area contributed by atoms with Crippen LogP contribution in [-0.4, -0.2) is 60.7 Å². The molecule has 216 valence electrons. The minimum atomic E-state index is -0.883. The number of ether oxygens (including phenoxy) is 1. The van der Waals surface area contributed by atoms with Crippen molar-refractivity contribution in [2.75, 3.05) is 26.7 Å². The lowest BCUT2D eigenvalue weighted by molar-refractivity contribution is 0.0755. The van der Waals surface area contributed by atoms with Crippen molar-refractivity contribution in [2.45, 2.75) is 51.8 Å². The molecule has 0 bridgehead atoms. The Morgan fingerprint density at radius 1 is 0.951 bits per heavy atom. The smallest absolute Gasteiger partial charge is 0.253 e. The summed E-state index contributed by atoms with van der Waals surface area (Å²) < 4.78 is 5.29. The van der Waals surface area contributed by atoms with E-state index in [2.05, 4.69) is 16.6 Å². The highest BCUT2D eigenvalue weighted by Gasteiger charge is 2.24. The van der Waals surface area contributed by atoms with E-state index >= 15 is 0 Å². The van der Waals surface area contributed by atoms with Gasteiger partial charge in [0, 0.05) is 42.9 Å². The Hall–Kier alpha value is -4.12. The zero-order chi connectivity index (χ0) is 29.6. The van der Waals surface area contributed by atoms with Gasteiger partial charge in [-0.1, -0.05) is 62.2 Å². The quantitative estimate of drug-likeness (QED) is 0.242. The molecule has 2 atom stereocenters. The Balaban J connectivity index is 1.79. The summed E-state index contributed by atoms with van der Waals surface area (Å²) in [6.45, 7) is 6.09. The minimum absolute atomic E-state index is 0.150. The summed E-state index contributed by atoms with van der Waals surface area (Å²) >= 11 is 0. The second-order valence-corrected chi connectivity index (χ2v) is 10.1. The van der Waals surface area contributed by atoms with Crippen molar-refractivity contribution < 1.29 is 19.4 Å². The highest BCUT2D eigenvalue weighted by molar-refractivity contribution is 6.00. The van der Waals surface area contributed by atoms with Crippen molar-refractivity contribution in [1.82, 2.24) is 15.5 Å². The molecule has 0 aliphatic carbocycles. The third-order valence-corrected chi connectivity index (χ3v) is 6.78. The first kappa shape index (κ1) is 31.4. The number of aliphatic hydroxyl groups is 1. The van der Waals surface area contributed by atoms with Gasteiger partial charge in [-0.05, 0) is 60.7 Å². The molecule has 3 N–H and O–H groups in total. The van der Waals surface area contributed by atoms with Crippen LogP contribution in [0.3, 0.4) is 0 Å². The molecule has 7 heteroatoms. The van der Waals surface area contributed by atoms with Crippen molar-refractivity contribution in [3.63, 3.8) is 0 Å². The lowest BCUT2D eigenvalue weighted by Crippen LogP contribution is -2.48. The van der Waals surface area contributed by atoms with Crippen LogP contribution in [0.1, 0.15) is 64.1 Å². The van der Waals surface area contributed by atoms with Crippen molar-refractivity contribution in [1.29, 1.82) is 0 Å². The zero-order valence-corrected chi connectivity index (χ0v) is 24.2. The van der Waals surface area contributed by atoms with Crippen LogP contribution in [-0.2, 0) is 13.0 Å². The predicted octanol–water partition coefficient (Wildman–Crippen LogP) is 4.43. The summed E-state index contributed by atoms with van der Waals surface area (Å²) in [7, 11) is 1.62. The summed E-state index contributed by atoms with van der Waals surface area (Å²) in [5.74, 6) is 2.78. The monoisotopic (exact) mass is 555 g/mol. The highest BCUT2D eigenvalue weighted by Crippen LogP contribution is 2.16. The fourth-order valence-electron chi connectivity index (χ4n) is 4.69. The molecule has 7 nitrogen and oxygen atoms in total. The molecule has 0 aliphatic rings. The van der Waals surface area contributed by atoms with Gasteiger partial charge in [0.25, 0.3) is 11.8 Å². The van der Waals surface area contributed by atoms with Gasteiger partial charge in [0.1, 0.15) is 5.75 Å². The van der Waals surface area contributed by atoms with E-state index in [0.717, 1.165) is 29.7 Å². The Morgan fingerprint density at radius 2 is 1.63 bits per heavy atom. The molecule has 0 saturated carbocycles. The van der Waals surface area contributed by atoms with Gasteiger partial charge in [-0.25, -0.2) is 0 Å². The van der Waals surface area contributed by atoms with Crippen LogP contribution in [0.25, 0.3) is 0 Å². The third-order valence-electron chi connectivity index (χ3n) is 6.78. The minimum Gasteiger partial charge on any atom is -0.497 e. The van der Waals surface area contributed by atoms with Gasteiger partial charge in [0.05, 0.1) is 19.3 Å². The molecule has 0 aliphatic heterocycles. The van der Waals surface area contributed by atoms with Crippen molar-refractivity contribution >= 4 is 11.8 Å². The molecule has 0 saturated heterocycles. The average molecular weight is 556 g/mol. The summed E-state index contributed by atoms with van der Waals surface area (Å²) in [5.41, 5.74) is 3.12. The molecule has 3 aromatic carbocycles. The largest absolute Gasteiger partial charge is 0.497 e. The second kappa shape index (κ2) is 16.2. The van der Waals surface area contributed by atoms with Crippen LogP contribution in [0, 0.1) is 12.3 Å². The molecule has 0 spiro atoms. The Labute approximate surface area is 243 Å². The lowest BCUT2D eigenvalue weighted by Gasteiger charge is -2.25. The first-order valence-corrected chi connectivity index (χ1v) is 14.2. The number of methoxy groups -OCH3 is 1. The first-order chi connectivity index (χ1) is 19.9. The van der Waals surface area contributed by atoms with E-state index in [9.17, 15) is 14.7 Å². The standard InChI is InChI=1S/C34H41N3O4/c1-5-16-37(17-6-2)34(40)29-19-25(7-3)18-28(22-29)33(39)36-31(21-26-12-9-8-10-13-26)32(38)24-35-23-27-14-11-15-30(20-27)41-4/h3,8-15,18-20,22,31-32,35,38H,5-6,16-17,21,23-24H2,1-2,4H3,(H,36,39)/t31-,32+/m0/s1. The number of carbonyl (C=O) groups is 2. The summed E-state index contributed by atoms with van der Waals surface area (Å²) in [6, 6.07) is 21.6. The van der Waals surface area contributed by atoms with E-state index in [4.69, 9.17) is 11.2 Å². The number of carbonyl (C=O) groups excluding carboxylic acids is 2. The van der Waals surface area contributed by atoms with Crippen LogP contribution < -0.4 is 15.4 Å². The number of amides is 2. The Kier molecular flexibility index (Phi) is 12.4. The first-order valence-electron chi connectivity index (χ1n) is 14.2. The van der Waals surface area contributed by atoms with Gasteiger partial charge in [-0.2, -0.15) is 0 Å².